The van der Waals surface area contributed by atoms with Crippen LogP contribution in [0.1, 0.15) is 6.92 Å². The van der Waals surface area contributed by atoms with E-state index in [2.05, 4.69) is 98.8 Å². The molecule has 0 unspecified atom stereocenters. The molecule has 4 aromatic carbocycles. The number of rotatable bonds is 2. The summed E-state index contributed by atoms with van der Waals surface area (Å²) >= 11 is 0. The van der Waals surface area contributed by atoms with E-state index in [1.807, 2.05) is 19.1 Å². The SMILES string of the molecule is C=C/C=C/C.CP(C)c1cc2ccccc2[cH-]1.[Zr+2].c1ccc2[cH-]ccc2c1. The van der Waals surface area contributed by atoms with Crippen molar-refractivity contribution in [1.29, 1.82) is 0 Å². The topological polar surface area (TPSA) is 0 Å². The van der Waals surface area contributed by atoms with Crippen molar-refractivity contribution in [2.75, 3.05) is 13.3 Å². The second kappa shape index (κ2) is 12.8. The Balaban J connectivity index is 0.000000217. The summed E-state index contributed by atoms with van der Waals surface area (Å²) in [6, 6.07) is 27.8. The Hall–Kier alpha value is -1.55. The quantitative estimate of drug-likeness (QED) is 0.172. The van der Waals surface area contributed by atoms with E-state index in [1.165, 1.54) is 26.8 Å². The second-order valence-corrected chi connectivity index (χ2v) is 8.46. The molecule has 0 fully saturated rings. The third-order valence-electron chi connectivity index (χ3n) is 4.00. The largest absolute Gasteiger partial charge is 2.00 e. The van der Waals surface area contributed by atoms with Crippen molar-refractivity contribution in [3.8, 4) is 0 Å². The van der Waals surface area contributed by atoms with Gasteiger partial charge in [-0.1, -0.05) is 36.9 Å². The molecule has 0 heterocycles. The molecule has 27 heavy (non-hydrogen) atoms. The van der Waals surface area contributed by atoms with Gasteiger partial charge in [-0.15, -0.1) is 77.9 Å². The van der Waals surface area contributed by atoms with E-state index in [4.69, 9.17) is 0 Å². The maximum absolute atomic E-state index is 3.46. The van der Waals surface area contributed by atoms with Crippen LogP contribution in [0.25, 0.3) is 21.5 Å². The smallest absolute Gasteiger partial charge is 0.168 e. The average Bonchev–Trinajstić information content (AvgIpc) is 3.30. The van der Waals surface area contributed by atoms with Gasteiger partial charge in [0.2, 0.25) is 0 Å². The predicted octanol–water partition coefficient (Wildman–Crippen LogP) is 7.23. The summed E-state index contributed by atoms with van der Waals surface area (Å²) in [7, 11) is 0.0576. The molecule has 0 radical (unpaired) electrons. The molecule has 136 valence electrons. The van der Waals surface area contributed by atoms with E-state index in [0.717, 1.165) is 0 Å². The Bertz CT molecular complexity index is 893. The van der Waals surface area contributed by atoms with Crippen LogP contribution in [0.5, 0.6) is 0 Å². The van der Waals surface area contributed by atoms with Gasteiger partial charge in [0.1, 0.15) is 0 Å². The van der Waals surface area contributed by atoms with Gasteiger partial charge in [-0.3, -0.25) is 0 Å². The molecule has 0 spiro atoms. The van der Waals surface area contributed by atoms with Gasteiger partial charge in [0.25, 0.3) is 0 Å². The van der Waals surface area contributed by atoms with Crippen molar-refractivity contribution in [2.45, 2.75) is 6.92 Å². The average molecular weight is 450 g/mol. The van der Waals surface area contributed by atoms with E-state index in [-0.39, 0.29) is 34.1 Å². The Labute approximate surface area is 184 Å². The minimum atomic E-state index is 0. The van der Waals surface area contributed by atoms with Crippen LogP contribution in [0.2, 0.25) is 0 Å². The number of fused-ring (bicyclic) bond motifs is 2. The van der Waals surface area contributed by atoms with E-state index in [1.54, 1.807) is 6.08 Å². The molecule has 4 rings (SSSR count). The molecule has 0 saturated carbocycles. The molecule has 0 saturated heterocycles. The van der Waals surface area contributed by atoms with E-state index < -0.39 is 0 Å². The van der Waals surface area contributed by atoms with Gasteiger partial charge in [-0.05, 0) is 20.3 Å². The minimum Gasteiger partial charge on any atom is -0.168 e. The van der Waals surface area contributed by atoms with Crippen LogP contribution in [-0.4, -0.2) is 13.3 Å². The summed E-state index contributed by atoms with van der Waals surface area (Å²) < 4.78 is 0. The monoisotopic (exact) mass is 448 g/mol. The summed E-state index contributed by atoms with van der Waals surface area (Å²) in [5.74, 6) is 0. The van der Waals surface area contributed by atoms with Crippen LogP contribution in [0.3, 0.4) is 0 Å². The maximum atomic E-state index is 3.46. The molecule has 0 N–H and O–H groups in total. The summed E-state index contributed by atoms with van der Waals surface area (Å²) in [5.41, 5.74) is 0. The third kappa shape index (κ3) is 7.53. The van der Waals surface area contributed by atoms with Crippen LogP contribution >= 0.6 is 7.92 Å². The molecular formula is C25H27PZr. The molecule has 4 aromatic rings. The first-order chi connectivity index (χ1) is 12.7. The summed E-state index contributed by atoms with van der Waals surface area (Å²) in [6.07, 6.45) is 5.58. The molecule has 2 heteroatoms. The Morgan fingerprint density at radius 1 is 0.889 bits per heavy atom. The fourth-order valence-corrected chi connectivity index (χ4v) is 3.39. The first-order valence-corrected chi connectivity index (χ1v) is 11.1. The molecule has 0 nitrogen and oxygen atoms in total. The van der Waals surface area contributed by atoms with Crippen LogP contribution in [0.4, 0.5) is 0 Å². The Morgan fingerprint density at radius 2 is 1.52 bits per heavy atom. The molecule has 0 amide bonds. The zero-order valence-corrected chi connectivity index (χ0v) is 19.7. The number of hydrogen-bond donors (Lipinski definition) is 0. The summed E-state index contributed by atoms with van der Waals surface area (Å²) in [5, 5.41) is 6.92. The fourth-order valence-electron chi connectivity index (χ4n) is 2.60. The number of hydrogen-bond acceptors (Lipinski definition) is 0. The van der Waals surface area contributed by atoms with Crippen molar-refractivity contribution < 1.29 is 26.2 Å². The molecule has 0 bridgehead atoms. The molecule has 0 atom stereocenters. The van der Waals surface area contributed by atoms with Gasteiger partial charge in [-0.25, -0.2) is 0 Å². The van der Waals surface area contributed by atoms with Crippen molar-refractivity contribution in [3.63, 3.8) is 0 Å². The summed E-state index contributed by atoms with van der Waals surface area (Å²) in [6.45, 7) is 10.0. The van der Waals surface area contributed by atoms with Gasteiger partial charge in [0, 0.05) is 0 Å². The molecule has 0 aromatic heterocycles. The first-order valence-electron chi connectivity index (χ1n) is 8.82. The van der Waals surface area contributed by atoms with Crippen molar-refractivity contribution in [3.05, 3.63) is 104 Å². The molecular weight excluding hydrogens is 422 g/mol. The van der Waals surface area contributed by atoms with Gasteiger partial charge in [0.15, 0.2) is 0 Å². The maximum Gasteiger partial charge on any atom is 2.00 e. The van der Waals surface area contributed by atoms with E-state index in [9.17, 15) is 0 Å². The van der Waals surface area contributed by atoms with Crippen molar-refractivity contribution in [1.82, 2.24) is 0 Å². The molecule has 0 aliphatic rings. The normalized spacial score (nSPS) is 10.1. The zero-order valence-electron chi connectivity index (χ0n) is 16.4. The van der Waals surface area contributed by atoms with E-state index >= 15 is 0 Å². The second-order valence-electron chi connectivity index (χ2n) is 6.15. The first kappa shape index (κ1) is 23.5. The van der Waals surface area contributed by atoms with Crippen LogP contribution in [0, 0.1) is 0 Å². The fraction of sp³-hybridized carbons (Fsp3) is 0.120. The standard InChI is InChI=1S/C11H12P.C9H7.C5H8.Zr/c1-12(2)11-7-9-5-3-4-6-10(9)8-11;1-2-5-9-7-3-6-8(9)4-1;1-3-5-4-2;/h3-8H,1-2H3;1-7H;3-5H,1H2,2H3;/q2*-1;;+2/b;;5-4+;. The van der Waals surface area contributed by atoms with Crippen LogP contribution in [0.15, 0.2) is 104 Å². The Morgan fingerprint density at radius 3 is 2.04 bits per heavy atom. The number of allylic oxidation sites excluding steroid dienone is 3. The van der Waals surface area contributed by atoms with Crippen LogP contribution in [-0.2, 0) is 26.2 Å². The molecule has 0 aliphatic heterocycles. The van der Waals surface area contributed by atoms with Gasteiger partial charge in [-0.2, -0.15) is 23.6 Å². The zero-order chi connectivity index (χ0) is 18.8. The van der Waals surface area contributed by atoms with Gasteiger partial charge in [0.05, 0.1) is 0 Å². The predicted molar refractivity (Wildman–Crippen MR) is 122 cm³/mol. The van der Waals surface area contributed by atoms with Gasteiger partial charge < -0.3 is 0 Å². The third-order valence-corrected chi connectivity index (χ3v) is 5.29. The van der Waals surface area contributed by atoms with Crippen LogP contribution < -0.4 is 5.30 Å². The van der Waals surface area contributed by atoms with E-state index in [0.29, 0.717) is 0 Å². The molecule has 0 aliphatic carbocycles. The van der Waals surface area contributed by atoms with Crippen molar-refractivity contribution in [2.24, 2.45) is 0 Å². The minimum absolute atomic E-state index is 0. The summed E-state index contributed by atoms with van der Waals surface area (Å²) in [4.78, 5) is 0. The van der Waals surface area contributed by atoms with Crippen molar-refractivity contribution >= 4 is 34.8 Å². The van der Waals surface area contributed by atoms with Gasteiger partial charge >= 0.3 is 26.2 Å². The number of benzene rings is 2. The Kier molecular flexibility index (Phi) is 11.1.